The number of halogens is 4. The normalized spacial score (nSPS) is 10.5. The lowest BCUT2D eigenvalue weighted by Crippen LogP contribution is -1.97. The van der Waals surface area contributed by atoms with Crippen molar-refractivity contribution in [1.29, 1.82) is 0 Å². The molecule has 0 aromatic heterocycles. The summed E-state index contributed by atoms with van der Waals surface area (Å²) < 4.78 is 60.9. The van der Waals surface area contributed by atoms with Crippen LogP contribution in [0.15, 0.2) is 79.4 Å². The van der Waals surface area contributed by atoms with Crippen molar-refractivity contribution < 1.29 is 22.3 Å². The van der Waals surface area contributed by atoms with Crippen molar-refractivity contribution >= 4 is 10.8 Å². The van der Waals surface area contributed by atoms with Gasteiger partial charge in [0.05, 0.1) is 5.56 Å². The minimum atomic E-state index is -0.919. The highest BCUT2D eigenvalue weighted by Gasteiger charge is 2.14. The fraction of sp³-hybridized carbons (Fsp3) is 0.0370. The van der Waals surface area contributed by atoms with Gasteiger partial charge < -0.3 is 4.74 Å². The highest BCUT2D eigenvalue weighted by Crippen LogP contribution is 2.30. The predicted octanol–water partition coefficient (Wildman–Crippen LogP) is 7.03. The van der Waals surface area contributed by atoms with Gasteiger partial charge in [-0.25, -0.2) is 17.6 Å². The monoisotopic (exact) mass is 432 g/mol. The molecule has 0 amide bonds. The summed E-state index contributed by atoms with van der Waals surface area (Å²) in [6.07, 6.45) is 1.49. The van der Waals surface area contributed by atoms with Crippen molar-refractivity contribution in [2.75, 3.05) is 6.61 Å². The molecular weight excluding hydrogens is 416 g/mol. The van der Waals surface area contributed by atoms with Gasteiger partial charge >= 0.3 is 0 Å². The predicted molar refractivity (Wildman–Crippen MR) is 117 cm³/mol. The van der Waals surface area contributed by atoms with E-state index >= 15 is 0 Å². The van der Waals surface area contributed by atoms with Gasteiger partial charge in [-0.2, -0.15) is 0 Å². The molecule has 4 aromatic carbocycles. The largest absolute Gasteiger partial charge is 0.489 e. The maximum Gasteiger partial charge on any atom is 0.159 e. The Bertz CT molecular complexity index is 1360. The van der Waals surface area contributed by atoms with Gasteiger partial charge in [0.2, 0.25) is 0 Å². The summed E-state index contributed by atoms with van der Waals surface area (Å²) in [6.45, 7) is 3.64. The zero-order valence-electron chi connectivity index (χ0n) is 16.8. The molecule has 0 aliphatic rings. The standard InChI is InChI=1S/C27H16F4O/c1-2-11-32-22-15-25(30)27(26(31)16-22)19-8-5-17(6-9-19)3-4-18-7-10-20-13-23(28)24(29)14-21(20)12-18/h2,5-10,12-16H,1,11H2. The summed E-state index contributed by atoms with van der Waals surface area (Å²) in [5, 5.41) is 1.11. The Hall–Kier alpha value is -4.04. The van der Waals surface area contributed by atoms with E-state index in [1.165, 1.54) is 6.08 Å². The molecule has 0 saturated carbocycles. The van der Waals surface area contributed by atoms with Crippen molar-refractivity contribution in [3.8, 4) is 28.7 Å². The molecular formula is C27H16F4O. The van der Waals surface area contributed by atoms with Gasteiger partial charge in [0.15, 0.2) is 11.6 Å². The molecule has 0 saturated heterocycles. The van der Waals surface area contributed by atoms with Crippen LogP contribution in [-0.4, -0.2) is 6.61 Å². The van der Waals surface area contributed by atoms with Crippen LogP contribution in [-0.2, 0) is 0 Å². The van der Waals surface area contributed by atoms with Gasteiger partial charge in [0.25, 0.3) is 0 Å². The van der Waals surface area contributed by atoms with Gasteiger partial charge in [-0.3, -0.25) is 0 Å². The molecule has 4 aromatic rings. The second kappa shape index (κ2) is 8.99. The van der Waals surface area contributed by atoms with Crippen LogP contribution in [0, 0.1) is 35.1 Å². The van der Waals surface area contributed by atoms with E-state index in [9.17, 15) is 17.6 Å². The maximum absolute atomic E-state index is 14.5. The summed E-state index contributed by atoms with van der Waals surface area (Å²) in [6, 6.07) is 16.0. The van der Waals surface area contributed by atoms with E-state index < -0.39 is 23.3 Å². The molecule has 5 heteroatoms. The Morgan fingerprint density at radius 2 is 1.28 bits per heavy atom. The van der Waals surface area contributed by atoms with E-state index in [-0.39, 0.29) is 17.9 Å². The smallest absolute Gasteiger partial charge is 0.159 e. The van der Waals surface area contributed by atoms with E-state index in [2.05, 4.69) is 18.4 Å². The topological polar surface area (TPSA) is 9.23 Å². The van der Waals surface area contributed by atoms with E-state index in [0.29, 0.717) is 27.5 Å². The second-order valence-electron chi connectivity index (χ2n) is 7.02. The molecule has 0 atom stereocenters. The molecule has 0 heterocycles. The van der Waals surface area contributed by atoms with Crippen LogP contribution in [0.25, 0.3) is 21.9 Å². The molecule has 0 unspecified atom stereocenters. The summed E-state index contributed by atoms with van der Waals surface area (Å²) in [4.78, 5) is 0. The van der Waals surface area contributed by atoms with E-state index in [1.54, 1.807) is 42.5 Å². The molecule has 158 valence electrons. The molecule has 0 aliphatic carbocycles. The minimum Gasteiger partial charge on any atom is -0.489 e. The first-order valence-electron chi connectivity index (χ1n) is 9.68. The lowest BCUT2D eigenvalue weighted by atomic mass is 10.0. The van der Waals surface area contributed by atoms with Gasteiger partial charge in [-0.15, -0.1) is 0 Å². The van der Waals surface area contributed by atoms with Crippen molar-refractivity contribution in [3.05, 3.63) is 114 Å². The number of benzene rings is 4. The van der Waals surface area contributed by atoms with Crippen molar-refractivity contribution in [1.82, 2.24) is 0 Å². The highest BCUT2D eigenvalue weighted by atomic mass is 19.2. The quantitative estimate of drug-likeness (QED) is 0.191. The van der Waals surface area contributed by atoms with Gasteiger partial charge in [0.1, 0.15) is 24.0 Å². The Balaban J connectivity index is 1.58. The molecule has 0 N–H and O–H groups in total. The van der Waals surface area contributed by atoms with Gasteiger partial charge in [-0.05, 0) is 52.7 Å². The summed E-state index contributed by atoms with van der Waals surface area (Å²) in [7, 11) is 0. The van der Waals surface area contributed by atoms with Crippen molar-refractivity contribution in [3.63, 3.8) is 0 Å². The van der Waals surface area contributed by atoms with Crippen molar-refractivity contribution in [2.45, 2.75) is 0 Å². The number of hydrogen-bond acceptors (Lipinski definition) is 1. The first-order valence-corrected chi connectivity index (χ1v) is 9.68. The molecule has 0 aliphatic heterocycles. The lowest BCUT2D eigenvalue weighted by molar-refractivity contribution is 0.358. The fourth-order valence-electron chi connectivity index (χ4n) is 3.25. The third-order valence-electron chi connectivity index (χ3n) is 4.79. The third kappa shape index (κ3) is 4.50. The Kier molecular flexibility index (Phi) is 5.96. The Morgan fingerprint density at radius 1 is 0.688 bits per heavy atom. The molecule has 0 bridgehead atoms. The van der Waals surface area contributed by atoms with Crippen LogP contribution in [0.3, 0.4) is 0 Å². The SMILES string of the molecule is C=CCOc1cc(F)c(-c2ccc(C#Cc3ccc4cc(F)c(F)cc4c3)cc2)c(F)c1. The van der Waals surface area contributed by atoms with Gasteiger partial charge in [-0.1, -0.05) is 42.7 Å². The zero-order valence-corrected chi connectivity index (χ0v) is 16.8. The number of ether oxygens (including phenoxy) is 1. The van der Waals surface area contributed by atoms with Crippen LogP contribution in [0.5, 0.6) is 5.75 Å². The van der Waals surface area contributed by atoms with Crippen LogP contribution >= 0.6 is 0 Å². The zero-order chi connectivity index (χ0) is 22.7. The number of rotatable bonds is 4. The second-order valence-corrected chi connectivity index (χ2v) is 7.02. The fourth-order valence-corrected chi connectivity index (χ4v) is 3.25. The minimum absolute atomic E-state index is 0.0872. The van der Waals surface area contributed by atoms with E-state index in [0.717, 1.165) is 24.3 Å². The summed E-state index contributed by atoms with van der Waals surface area (Å²) in [5.41, 5.74) is 1.47. The molecule has 0 fully saturated rings. The van der Waals surface area contributed by atoms with E-state index in [4.69, 9.17) is 4.74 Å². The lowest BCUT2D eigenvalue weighted by Gasteiger charge is -2.09. The Morgan fingerprint density at radius 3 is 1.94 bits per heavy atom. The van der Waals surface area contributed by atoms with Crippen molar-refractivity contribution in [2.24, 2.45) is 0 Å². The molecule has 1 nitrogen and oxygen atoms in total. The summed E-state index contributed by atoms with van der Waals surface area (Å²) >= 11 is 0. The first-order chi connectivity index (χ1) is 15.4. The molecule has 4 rings (SSSR count). The van der Waals surface area contributed by atoms with Crippen LogP contribution < -0.4 is 4.74 Å². The highest BCUT2D eigenvalue weighted by molar-refractivity contribution is 5.84. The van der Waals surface area contributed by atoms with Crippen LogP contribution in [0.4, 0.5) is 17.6 Å². The number of fused-ring (bicyclic) bond motifs is 1. The van der Waals surface area contributed by atoms with Crippen LogP contribution in [0.2, 0.25) is 0 Å². The Labute approximate surface area is 182 Å². The summed E-state index contributed by atoms with van der Waals surface area (Å²) in [5.74, 6) is 2.72. The molecule has 32 heavy (non-hydrogen) atoms. The average Bonchev–Trinajstić information content (AvgIpc) is 2.77. The van der Waals surface area contributed by atoms with Crippen LogP contribution in [0.1, 0.15) is 11.1 Å². The third-order valence-corrected chi connectivity index (χ3v) is 4.79. The average molecular weight is 432 g/mol. The maximum atomic E-state index is 14.5. The number of hydrogen-bond donors (Lipinski definition) is 0. The molecule has 0 radical (unpaired) electrons. The molecule has 0 spiro atoms. The first kappa shape index (κ1) is 21.2. The van der Waals surface area contributed by atoms with E-state index in [1.807, 2.05) is 0 Å². The van der Waals surface area contributed by atoms with Gasteiger partial charge in [0, 0.05) is 23.3 Å².